The second kappa shape index (κ2) is 7.14. The van der Waals surface area contributed by atoms with Crippen LogP contribution in [0.15, 0.2) is 24.3 Å². The molecule has 0 aliphatic carbocycles. The Hall–Kier alpha value is -1.55. The van der Waals surface area contributed by atoms with Gasteiger partial charge in [0.25, 0.3) is 0 Å². The number of methoxy groups -OCH3 is 1. The SMILES string of the molecule is CC.COC(=O)C1Cc2ccccc2N1C(=O)CCl. The first-order valence-corrected chi connectivity index (χ1v) is 6.76. The van der Waals surface area contributed by atoms with Crippen LogP contribution in [-0.4, -0.2) is 30.9 Å². The van der Waals surface area contributed by atoms with Crippen molar-refractivity contribution in [2.75, 3.05) is 17.9 Å². The molecule has 1 heterocycles. The highest BCUT2D eigenvalue weighted by Crippen LogP contribution is 2.32. The van der Waals surface area contributed by atoms with E-state index in [0.717, 1.165) is 11.3 Å². The number of esters is 1. The minimum atomic E-state index is -0.594. The Bertz CT molecular complexity index is 462. The number of ether oxygens (including phenoxy) is 1. The number of halogens is 1. The predicted molar refractivity (Wildman–Crippen MR) is 75.5 cm³/mol. The number of fused-ring (bicyclic) bond motifs is 1. The molecule has 4 nitrogen and oxygen atoms in total. The van der Waals surface area contributed by atoms with Crippen molar-refractivity contribution in [3.8, 4) is 0 Å². The van der Waals surface area contributed by atoms with Crippen molar-refractivity contribution in [2.45, 2.75) is 26.3 Å². The zero-order chi connectivity index (χ0) is 14.4. The van der Waals surface area contributed by atoms with Crippen LogP contribution in [0.2, 0.25) is 0 Å². The lowest BCUT2D eigenvalue weighted by Crippen LogP contribution is -2.44. The van der Waals surface area contributed by atoms with E-state index in [9.17, 15) is 9.59 Å². The molecule has 1 unspecified atom stereocenters. The number of carbonyl (C=O) groups excluding carboxylic acids is 2. The Morgan fingerprint density at radius 3 is 2.58 bits per heavy atom. The summed E-state index contributed by atoms with van der Waals surface area (Å²) in [5.41, 5.74) is 1.70. The Kier molecular flexibility index (Phi) is 5.83. The van der Waals surface area contributed by atoms with Crippen molar-refractivity contribution in [3.63, 3.8) is 0 Å². The van der Waals surface area contributed by atoms with Gasteiger partial charge in [-0.1, -0.05) is 32.0 Å². The fraction of sp³-hybridized carbons (Fsp3) is 0.429. The first kappa shape index (κ1) is 15.5. The number of hydrogen-bond acceptors (Lipinski definition) is 3. The summed E-state index contributed by atoms with van der Waals surface area (Å²) >= 11 is 5.57. The summed E-state index contributed by atoms with van der Waals surface area (Å²) in [6.45, 7) is 4.00. The Labute approximate surface area is 118 Å². The largest absolute Gasteiger partial charge is 0.467 e. The fourth-order valence-electron chi connectivity index (χ4n) is 2.08. The van der Waals surface area contributed by atoms with Gasteiger partial charge in [0.15, 0.2) is 0 Å². The molecule has 1 aromatic rings. The van der Waals surface area contributed by atoms with E-state index in [1.807, 2.05) is 38.1 Å². The van der Waals surface area contributed by atoms with E-state index in [2.05, 4.69) is 0 Å². The molecule has 0 radical (unpaired) electrons. The molecule has 1 aliphatic heterocycles. The molecule has 2 rings (SSSR count). The second-order valence-corrected chi connectivity index (χ2v) is 4.04. The van der Waals surface area contributed by atoms with Gasteiger partial charge in [-0.25, -0.2) is 4.79 Å². The van der Waals surface area contributed by atoms with Gasteiger partial charge in [0.1, 0.15) is 11.9 Å². The van der Waals surface area contributed by atoms with Crippen molar-refractivity contribution in [3.05, 3.63) is 29.8 Å². The second-order valence-electron chi connectivity index (χ2n) is 3.77. The Balaban J connectivity index is 0.000000861. The molecule has 1 amide bonds. The summed E-state index contributed by atoms with van der Waals surface area (Å²) in [6.07, 6.45) is 0.478. The molecule has 1 atom stereocenters. The number of nitrogens with zero attached hydrogens (tertiary/aromatic N) is 1. The standard InChI is InChI=1S/C12H12ClNO3.C2H6/c1-17-12(16)10-6-8-4-2-3-5-9(8)14(10)11(15)7-13;1-2/h2-5,10H,6-7H2,1H3;1-2H3. The summed E-state index contributed by atoms with van der Waals surface area (Å²) in [5.74, 6) is -0.853. The lowest BCUT2D eigenvalue weighted by atomic mass is 10.1. The van der Waals surface area contributed by atoms with Crippen LogP contribution < -0.4 is 4.90 Å². The molecule has 1 aromatic carbocycles. The molecule has 104 valence electrons. The van der Waals surface area contributed by atoms with Crippen LogP contribution in [0, 0.1) is 0 Å². The van der Waals surface area contributed by atoms with Crippen molar-refractivity contribution in [2.24, 2.45) is 0 Å². The average Bonchev–Trinajstić information content (AvgIpc) is 2.87. The number of amides is 1. The number of para-hydroxylation sites is 1. The first-order chi connectivity index (χ1) is 9.19. The third-order valence-corrected chi connectivity index (χ3v) is 3.06. The third kappa shape index (κ3) is 3.07. The fourth-order valence-corrected chi connectivity index (χ4v) is 2.21. The van der Waals surface area contributed by atoms with Gasteiger partial charge in [-0.15, -0.1) is 11.6 Å². The zero-order valence-corrected chi connectivity index (χ0v) is 12.1. The molecule has 1 aliphatic rings. The number of anilines is 1. The third-order valence-electron chi connectivity index (χ3n) is 2.83. The molecule has 0 saturated heterocycles. The van der Waals surface area contributed by atoms with Crippen LogP contribution in [0.1, 0.15) is 19.4 Å². The van der Waals surface area contributed by atoms with Gasteiger partial charge in [-0.2, -0.15) is 0 Å². The van der Waals surface area contributed by atoms with Crippen LogP contribution in [0.3, 0.4) is 0 Å². The number of carbonyl (C=O) groups is 2. The van der Waals surface area contributed by atoms with E-state index in [1.54, 1.807) is 0 Å². The summed E-state index contributed by atoms with van der Waals surface area (Å²) in [6, 6.07) is 6.81. The van der Waals surface area contributed by atoms with Gasteiger partial charge in [0.2, 0.25) is 5.91 Å². The van der Waals surface area contributed by atoms with Crippen molar-refractivity contribution in [1.29, 1.82) is 0 Å². The monoisotopic (exact) mass is 283 g/mol. The van der Waals surface area contributed by atoms with E-state index in [-0.39, 0.29) is 11.8 Å². The van der Waals surface area contributed by atoms with Gasteiger partial charge >= 0.3 is 5.97 Å². The minimum Gasteiger partial charge on any atom is -0.467 e. The molecule has 19 heavy (non-hydrogen) atoms. The van der Waals surface area contributed by atoms with Crippen LogP contribution >= 0.6 is 11.6 Å². The van der Waals surface area contributed by atoms with Crippen molar-refractivity contribution in [1.82, 2.24) is 0 Å². The molecule has 0 aromatic heterocycles. The van der Waals surface area contributed by atoms with Gasteiger partial charge in [0, 0.05) is 12.1 Å². The quantitative estimate of drug-likeness (QED) is 0.618. The van der Waals surface area contributed by atoms with E-state index in [0.29, 0.717) is 6.42 Å². The lowest BCUT2D eigenvalue weighted by molar-refractivity contribution is -0.143. The van der Waals surface area contributed by atoms with Crippen molar-refractivity contribution < 1.29 is 14.3 Å². The molecule has 0 N–H and O–H groups in total. The van der Waals surface area contributed by atoms with Crippen LogP contribution in [-0.2, 0) is 20.7 Å². The highest BCUT2D eigenvalue weighted by molar-refractivity contribution is 6.30. The molecular formula is C14H18ClNO3. The summed E-state index contributed by atoms with van der Waals surface area (Å²) in [5, 5.41) is 0. The zero-order valence-electron chi connectivity index (χ0n) is 11.4. The van der Waals surface area contributed by atoms with Gasteiger partial charge in [-0.3, -0.25) is 9.69 Å². The highest BCUT2D eigenvalue weighted by atomic mass is 35.5. The first-order valence-electron chi connectivity index (χ1n) is 6.22. The minimum absolute atomic E-state index is 0.151. The van der Waals surface area contributed by atoms with Gasteiger partial charge in [0.05, 0.1) is 7.11 Å². The maximum absolute atomic E-state index is 11.8. The van der Waals surface area contributed by atoms with E-state index >= 15 is 0 Å². The van der Waals surface area contributed by atoms with Crippen LogP contribution in [0.5, 0.6) is 0 Å². The van der Waals surface area contributed by atoms with E-state index in [4.69, 9.17) is 16.3 Å². The molecule has 5 heteroatoms. The van der Waals surface area contributed by atoms with Crippen LogP contribution in [0.4, 0.5) is 5.69 Å². The van der Waals surface area contributed by atoms with Gasteiger partial charge < -0.3 is 4.74 Å². The molecule has 0 bridgehead atoms. The number of alkyl halides is 1. The number of hydrogen-bond donors (Lipinski definition) is 0. The highest BCUT2D eigenvalue weighted by Gasteiger charge is 2.38. The van der Waals surface area contributed by atoms with Gasteiger partial charge in [-0.05, 0) is 11.6 Å². The molecule has 0 fully saturated rings. The Morgan fingerprint density at radius 1 is 1.37 bits per heavy atom. The normalized spacial score (nSPS) is 16.2. The summed E-state index contributed by atoms with van der Waals surface area (Å²) in [7, 11) is 1.31. The maximum atomic E-state index is 11.8. The number of benzene rings is 1. The van der Waals surface area contributed by atoms with Crippen molar-refractivity contribution >= 4 is 29.2 Å². The Morgan fingerprint density at radius 2 is 2.00 bits per heavy atom. The molecular weight excluding hydrogens is 266 g/mol. The number of rotatable bonds is 2. The summed E-state index contributed by atoms with van der Waals surface area (Å²) in [4.78, 5) is 24.9. The molecule has 0 saturated carbocycles. The van der Waals surface area contributed by atoms with Crippen LogP contribution in [0.25, 0.3) is 0 Å². The topological polar surface area (TPSA) is 46.6 Å². The predicted octanol–water partition coefficient (Wildman–Crippen LogP) is 2.38. The smallest absolute Gasteiger partial charge is 0.329 e. The summed E-state index contributed by atoms with van der Waals surface area (Å²) < 4.78 is 4.71. The average molecular weight is 284 g/mol. The van der Waals surface area contributed by atoms with E-state index < -0.39 is 12.0 Å². The lowest BCUT2D eigenvalue weighted by Gasteiger charge is -2.22. The maximum Gasteiger partial charge on any atom is 0.329 e. The van der Waals surface area contributed by atoms with E-state index in [1.165, 1.54) is 12.0 Å². The molecule has 0 spiro atoms.